The van der Waals surface area contributed by atoms with Crippen LogP contribution in [0.1, 0.15) is 24.5 Å². The molecule has 2 aromatic carbocycles. The van der Waals surface area contributed by atoms with Gasteiger partial charge < -0.3 is 14.6 Å². The van der Waals surface area contributed by atoms with E-state index in [-0.39, 0.29) is 6.79 Å². The lowest BCUT2D eigenvalue weighted by atomic mass is 10.0. The number of carbonyl (C=O) groups is 1. The molecule has 0 aliphatic rings. The minimum atomic E-state index is -0.889. The third-order valence-corrected chi connectivity index (χ3v) is 4.26. The van der Waals surface area contributed by atoms with Gasteiger partial charge in [0.1, 0.15) is 12.8 Å². The average Bonchev–Trinajstić information content (AvgIpc) is 2.66. The van der Waals surface area contributed by atoms with Crippen molar-refractivity contribution in [3.05, 3.63) is 71.8 Å². The van der Waals surface area contributed by atoms with Gasteiger partial charge in [0.25, 0.3) is 0 Å². The van der Waals surface area contributed by atoms with Gasteiger partial charge in [0.15, 0.2) is 0 Å². The van der Waals surface area contributed by atoms with Gasteiger partial charge in [-0.2, -0.15) is 0 Å². The maximum Gasteiger partial charge on any atom is 0.323 e. The minimum absolute atomic E-state index is 0.0762. The van der Waals surface area contributed by atoms with Crippen LogP contribution < -0.4 is 0 Å². The van der Waals surface area contributed by atoms with Crippen molar-refractivity contribution in [2.75, 3.05) is 13.9 Å². The molecule has 2 rings (SSSR count). The Bertz CT molecular complexity index is 606. The zero-order chi connectivity index (χ0) is 18.8. The Morgan fingerprint density at radius 3 is 1.88 bits per heavy atom. The Labute approximate surface area is 155 Å². The summed E-state index contributed by atoms with van der Waals surface area (Å²) in [6.45, 7) is 3.06. The van der Waals surface area contributed by atoms with Crippen LogP contribution in [0.4, 0.5) is 0 Å². The Morgan fingerprint density at radius 1 is 1.00 bits per heavy atom. The van der Waals surface area contributed by atoms with Crippen LogP contribution in [0.2, 0.25) is 0 Å². The molecule has 26 heavy (non-hydrogen) atoms. The van der Waals surface area contributed by atoms with E-state index in [9.17, 15) is 9.90 Å². The first-order valence-electron chi connectivity index (χ1n) is 8.81. The summed E-state index contributed by atoms with van der Waals surface area (Å²) in [6.07, 6.45) is 0.125. The standard InChI is InChI=1S/C21H27NO4/c1-3-19(26-16-25-2)20(21(23)24)22(14-17-10-6-4-7-11-17)15-18-12-8-5-9-13-18/h4-13,19-20H,3,14-16H2,1-2H3,(H,23,24)/t19-,20-/m1/s1. The highest BCUT2D eigenvalue weighted by molar-refractivity contribution is 5.74. The van der Waals surface area contributed by atoms with Crippen LogP contribution in [0.15, 0.2) is 60.7 Å². The summed E-state index contributed by atoms with van der Waals surface area (Å²) in [6, 6.07) is 19.0. The summed E-state index contributed by atoms with van der Waals surface area (Å²) >= 11 is 0. The molecule has 0 bridgehead atoms. The Morgan fingerprint density at radius 2 is 1.50 bits per heavy atom. The fourth-order valence-corrected chi connectivity index (χ4v) is 3.03. The van der Waals surface area contributed by atoms with E-state index in [0.29, 0.717) is 19.5 Å². The van der Waals surface area contributed by atoms with E-state index < -0.39 is 18.1 Å². The first kappa shape index (κ1) is 20.1. The predicted molar refractivity (Wildman–Crippen MR) is 101 cm³/mol. The molecule has 0 aromatic heterocycles. The lowest BCUT2D eigenvalue weighted by Gasteiger charge is -2.34. The lowest BCUT2D eigenvalue weighted by molar-refractivity contribution is -0.157. The monoisotopic (exact) mass is 357 g/mol. The van der Waals surface area contributed by atoms with Crippen molar-refractivity contribution < 1.29 is 19.4 Å². The van der Waals surface area contributed by atoms with Gasteiger partial charge in [-0.25, -0.2) is 0 Å². The summed E-state index contributed by atoms with van der Waals surface area (Å²) in [5.74, 6) is -0.889. The molecule has 0 spiro atoms. The van der Waals surface area contributed by atoms with Gasteiger partial charge in [0, 0.05) is 20.2 Å². The fraction of sp³-hybridized carbons (Fsp3) is 0.381. The van der Waals surface area contributed by atoms with E-state index in [1.54, 1.807) is 0 Å². The van der Waals surface area contributed by atoms with Crippen molar-refractivity contribution in [1.82, 2.24) is 4.90 Å². The zero-order valence-electron chi connectivity index (χ0n) is 15.4. The van der Waals surface area contributed by atoms with Crippen LogP contribution >= 0.6 is 0 Å². The predicted octanol–water partition coefficient (Wildman–Crippen LogP) is 3.54. The molecule has 0 amide bonds. The highest BCUT2D eigenvalue weighted by Crippen LogP contribution is 2.19. The van der Waals surface area contributed by atoms with Crippen molar-refractivity contribution in [3.8, 4) is 0 Å². The highest BCUT2D eigenvalue weighted by atomic mass is 16.7. The molecule has 0 unspecified atom stereocenters. The molecule has 0 aliphatic heterocycles. The van der Waals surface area contributed by atoms with Gasteiger partial charge in [-0.3, -0.25) is 9.69 Å². The SMILES string of the molecule is CC[C@@H](OCOC)[C@H](C(=O)O)N(Cc1ccccc1)Cc1ccccc1. The molecular formula is C21H27NO4. The topological polar surface area (TPSA) is 59.0 Å². The smallest absolute Gasteiger partial charge is 0.323 e. The molecule has 5 heteroatoms. The van der Waals surface area contributed by atoms with E-state index >= 15 is 0 Å². The molecular weight excluding hydrogens is 330 g/mol. The van der Waals surface area contributed by atoms with E-state index in [4.69, 9.17) is 9.47 Å². The molecule has 0 fully saturated rings. The highest BCUT2D eigenvalue weighted by Gasteiger charge is 2.33. The first-order chi connectivity index (χ1) is 12.7. The molecule has 0 radical (unpaired) electrons. The molecule has 1 N–H and O–H groups in total. The second kappa shape index (κ2) is 10.7. The first-order valence-corrected chi connectivity index (χ1v) is 8.81. The minimum Gasteiger partial charge on any atom is -0.480 e. The van der Waals surface area contributed by atoms with E-state index in [1.807, 2.05) is 72.5 Å². The van der Waals surface area contributed by atoms with Crippen LogP contribution in [0, 0.1) is 0 Å². The van der Waals surface area contributed by atoms with Crippen LogP contribution in [0.3, 0.4) is 0 Å². The summed E-state index contributed by atoms with van der Waals surface area (Å²) < 4.78 is 10.7. The maximum atomic E-state index is 12.1. The summed E-state index contributed by atoms with van der Waals surface area (Å²) in [5.41, 5.74) is 2.13. The second-order valence-electron chi connectivity index (χ2n) is 6.18. The number of rotatable bonds is 11. The van der Waals surface area contributed by atoms with Gasteiger partial charge in [0.05, 0.1) is 6.10 Å². The van der Waals surface area contributed by atoms with Gasteiger partial charge in [-0.1, -0.05) is 67.6 Å². The Hall–Kier alpha value is -2.21. The number of methoxy groups -OCH3 is 1. The second-order valence-corrected chi connectivity index (χ2v) is 6.18. The number of benzene rings is 2. The molecule has 0 saturated heterocycles. The molecule has 5 nitrogen and oxygen atoms in total. The maximum absolute atomic E-state index is 12.1. The third-order valence-electron chi connectivity index (χ3n) is 4.26. The van der Waals surface area contributed by atoms with Gasteiger partial charge >= 0.3 is 5.97 Å². The number of hydrogen-bond acceptors (Lipinski definition) is 4. The van der Waals surface area contributed by atoms with Crippen LogP contribution in [-0.2, 0) is 27.4 Å². The summed E-state index contributed by atoms with van der Waals surface area (Å²) in [5, 5.41) is 9.94. The van der Waals surface area contributed by atoms with E-state index in [2.05, 4.69) is 0 Å². The number of hydrogen-bond donors (Lipinski definition) is 1. The number of aliphatic carboxylic acids is 1. The van der Waals surface area contributed by atoms with Crippen molar-refractivity contribution >= 4 is 5.97 Å². The lowest BCUT2D eigenvalue weighted by Crippen LogP contribution is -2.49. The molecule has 2 atom stereocenters. The van der Waals surface area contributed by atoms with Gasteiger partial charge in [-0.15, -0.1) is 0 Å². The van der Waals surface area contributed by atoms with Crippen molar-refractivity contribution in [2.45, 2.75) is 38.6 Å². The summed E-state index contributed by atoms with van der Waals surface area (Å²) in [4.78, 5) is 14.1. The van der Waals surface area contributed by atoms with Gasteiger partial charge in [-0.05, 0) is 17.5 Å². The van der Waals surface area contributed by atoms with Gasteiger partial charge in [0.2, 0.25) is 0 Å². The third kappa shape index (κ3) is 5.95. The van der Waals surface area contributed by atoms with Crippen molar-refractivity contribution in [3.63, 3.8) is 0 Å². The largest absolute Gasteiger partial charge is 0.480 e. The Kier molecular flexibility index (Phi) is 8.28. The normalized spacial score (nSPS) is 13.5. The number of carboxylic acids is 1. The van der Waals surface area contributed by atoms with Crippen LogP contribution in [0.25, 0.3) is 0 Å². The number of nitrogens with zero attached hydrogens (tertiary/aromatic N) is 1. The van der Waals surface area contributed by atoms with Crippen LogP contribution in [-0.4, -0.2) is 42.0 Å². The van der Waals surface area contributed by atoms with Crippen LogP contribution in [0.5, 0.6) is 0 Å². The fourth-order valence-electron chi connectivity index (χ4n) is 3.03. The molecule has 0 heterocycles. The van der Waals surface area contributed by atoms with E-state index in [0.717, 1.165) is 11.1 Å². The quantitative estimate of drug-likeness (QED) is 0.623. The van der Waals surface area contributed by atoms with Crippen molar-refractivity contribution in [1.29, 1.82) is 0 Å². The zero-order valence-corrected chi connectivity index (χ0v) is 15.4. The number of ether oxygens (including phenoxy) is 2. The Balaban J connectivity index is 2.29. The van der Waals surface area contributed by atoms with Crippen molar-refractivity contribution in [2.24, 2.45) is 0 Å². The molecule has 2 aromatic rings. The average molecular weight is 357 g/mol. The summed E-state index contributed by atoms with van der Waals surface area (Å²) in [7, 11) is 1.54. The molecule has 0 saturated carbocycles. The molecule has 0 aliphatic carbocycles. The number of carboxylic acid groups (broad SMARTS) is 1. The molecule has 140 valence electrons. The van der Waals surface area contributed by atoms with E-state index in [1.165, 1.54) is 7.11 Å².